The number of carbonyl (C=O) groups excluding carboxylic acids is 1. The van der Waals surface area contributed by atoms with Gasteiger partial charge in [-0.2, -0.15) is 0 Å². The molecule has 0 radical (unpaired) electrons. The van der Waals surface area contributed by atoms with Gasteiger partial charge < -0.3 is 19.5 Å². The first-order chi connectivity index (χ1) is 12.1. The monoisotopic (exact) mass is 415 g/mol. The Labute approximate surface area is 171 Å². The summed E-state index contributed by atoms with van der Waals surface area (Å²) in [4.78, 5) is 23.6. The highest BCUT2D eigenvalue weighted by molar-refractivity contribution is 5.96. The van der Waals surface area contributed by atoms with Gasteiger partial charge in [0, 0.05) is 38.4 Å². The molecule has 4 heterocycles. The maximum absolute atomic E-state index is 12.9. The number of nitrogens with one attached hydrogen (secondary N) is 1. The molecule has 1 spiro atoms. The molecule has 2 aromatic rings. The Kier molecular flexibility index (Phi) is 7.08. The molecule has 0 saturated carbocycles. The van der Waals surface area contributed by atoms with Gasteiger partial charge in [-0.3, -0.25) is 4.79 Å². The van der Waals surface area contributed by atoms with Crippen LogP contribution >= 0.6 is 24.8 Å². The summed E-state index contributed by atoms with van der Waals surface area (Å²) in [6, 6.07) is 2.15. The first-order valence-corrected chi connectivity index (χ1v) is 9.05. The number of hydrogen-bond acceptors (Lipinski definition) is 5. The van der Waals surface area contributed by atoms with E-state index in [1.165, 1.54) is 0 Å². The highest BCUT2D eigenvalue weighted by atomic mass is 35.5. The number of nitrogens with zero attached hydrogens (tertiary/aromatic N) is 4. The minimum absolute atomic E-state index is 0. The third-order valence-corrected chi connectivity index (χ3v) is 5.31. The Morgan fingerprint density at radius 1 is 1.26 bits per heavy atom. The highest BCUT2D eigenvalue weighted by Crippen LogP contribution is 2.28. The van der Waals surface area contributed by atoms with Crippen molar-refractivity contribution in [1.29, 1.82) is 0 Å². The first kappa shape index (κ1) is 21.9. The van der Waals surface area contributed by atoms with Crippen molar-refractivity contribution in [2.45, 2.75) is 38.3 Å². The van der Waals surface area contributed by atoms with E-state index in [2.05, 4.69) is 29.1 Å². The standard InChI is InChI=1S/C18H25N5O2.2ClH/c1-13(2)23-12-21-15-9-14(10-20-16(15)23)17(24)22-6-3-18(4-7-22)11-19-5-8-25-18;;/h9-10,12-13,19H,3-8,11H2,1-2H3;2*1H. The molecular weight excluding hydrogens is 389 g/mol. The van der Waals surface area contributed by atoms with E-state index >= 15 is 0 Å². The second-order valence-corrected chi connectivity index (χ2v) is 7.31. The fraction of sp³-hybridized carbons (Fsp3) is 0.611. The molecule has 0 unspecified atom stereocenters. The van der Waals surface area contributed by atoms with Gasteiger partial charge in [-0.15, -0.1) is 24.8 Å². The van der Waals surface area contributed by atoms with Gasteiger partial charge in [-0.25, -0.2) is 9.97 Å². The van der Waals surface area contributed by atoms with E-state index in [1.807, 2.05) is 15.5 Å². The number of aromatic nitrogens is 3. The molecule has 1 amide bonds. The largest absolute Gasteiger partial charge is 0.372 e. The number of rotatable bonds is 2. The summed E-state index contributed by atoms with van der Waals surface area (Å²) >= 11 is 0. The van der Waals surface area contributed by atoms with Crippen molar-refractivity contribution in [2.24, 2.45) is 0 Å². The van der Waals surface area contributed by atoms with Crippen molar-refractivity contribution in [3.05, 3.63) is 24.2 Å². The lowest BCUT2D eigenvalue weighted by Crippen LogP contribution is -2.56. The van der Waals surface area contributed by atoms with Gasteiger partial charge in [0.2, 0.25) is 0 Å². The van der Waals surface area contributed by atoms with Gasteiger partial charge in [0.1, 0.15) is 5.52 Å². The highest BCUT2D eigenvalue weighted by Gasteiger charge is 2.38. The zero-order valence-corrected chi connectivity index (χ0v) is 17.3. The van der Waals surface area contributed by atoms with Gasteiger partial charge in [0.05, 0.1) is 24.1 Å². The van der Waals surface area contributed by atoms with Crippen molar-refractivity contribution >= 4 is 41.9 Å². The van der Waals surface area contributed by atoms with Crippen LogP contribution in [0.5, 0.6) is 0 Å². The molecule has 2 aliphatic rings. The van der Waals surface area contributed by atoms with Gasteiger partial charge in [0.15, 0.2) is 5.65 Å². The molecule has 2 saturated heterocycles. The minimum Gasteiger partial charge on any atom is -0.372 e. The average molecular weight is 416 g/mol. The average Bonchev–Trinajstić information content (AvgIpc) is 3.06. The number of carbonyl (C=O) groups is 1. The van der Waals surface area contributed by atoms with Crippen LogP contribution in [0.15, 0.2) is 18.6 Å². The smallest absolute Gasteiger partial charge is 0.255 e. The molecule has 9 heteroatoms. The Hall–Kier alpha value is -1.41. The second-order valence-electron chi connectivity index (χ2n) is 7.31. The van der Waals surface area contributed by atoms with E-state index < -0.39 is 0 Å². The van der Waals surface area contributed by atoms with Crippen molar-refractivity contribution in [1.82, 2.24) is 24.8 Å². The molecule has 7 nitrogen and oxygen atoms in total. The number of pyridine rings is 1. The lowest BCUT2D eigenvalue weighted by atomic mass is 9.90. The number of hydrogen-bond donors (Lipinski definition) is 1. The van der Waals surface area contributed by atoms with Crippen LogP contribution in [0.4, 0.5) is 0 Å². The molecular formula is C18H27Cl2N5O2. The van der Waals surface area contributed by atoms with Crippen LogP contribution in [0.1, 0.15) is 43.1 Å². The lowest BCUT2D eigenvalue weighted by Gasteiger charge is -2.44. The van der Waals surface area contributed by atoms with Crippen molar-refractivity contribution in [2.75, 3.05) is 32.8 Å². The molecule has 150 valence electrons. The zero-order valence-electron chi connectivity index (χ0n) is 15.7. The Morgan fingerprint density at radius 3 is 2.63 bits per heavy atom. The van der Waals surface area contributed by atoms with Gasteiger partial charge in [-0.1, -0.05) is 0 Å². The third-order valence-electron chi connectivity index (χ3n) is 5.31. The Balaban J connectivity index is 0.00000131. The summed E-state index contributed by atoms with van der Waals surface area (Å²) in [5.74, 6) is 0.0344. The van der Waals surface area contributed by atoms with Crippen LogP contribution in [-0.4, -0.2) is 63.7 Å². The summed E-state index contributed by atoms with van der Waals surface area (Å²) < 4.78 is 8.01. The van der Waals surface area contributed by atoms with Gasteiger partial charge in [-0.05, 0) is 32.8 Å². The van der Waals surface area contributed by atoms with Crippen LogP contribution in [-0.2, 0) is 4.74 Å². The van der Waals surface area contributed by atoms with Gasteiger partial charge >= 0.3 is 0 Å². The van der Waals surface area contributed by atoms with E-state index in [9.17, 15) is 4.79 Å². The summed E-state index contributed by atoms with van der Waals surface area (Å²) in [6.07, 6.45) is 5.22. The van der Waals surface area contributed by atoms with E-state index in [1.54, 1.807) is 12.5 Å². The predicted molar refractivity (Wildman–Crippen MR) is 109 cm³/mol. The van der Waals surface area contributed by atoms with Crippen LogP contribution in [0, 0.1) is 0 Å². The number of morpholine rings is 1. The summed E-state index contributed by atoms with van der Waals surface area (Å²) in [5.41, 5.74) is 2.12. The Morgan fingerprint density at radius 2 is 2.00 bits per heavy atom. The number of likely N-dealkylation sites (tertiary alicyclic amines) is 1. The summed E-state index contributed by atoms with van der Waals surface area (Å²) in [6.45, 7) is 8.18. The topological polar surface area (TPSA) is 72.3 Å². The molecule has 0 atom stereocenters. The first-order valence-electron chi connectivity index (χ1n) is 9.05. The normalized spacial score (nSPS) is 19.0. The van der Waals surface area contributed by atoms with Crippen LogP contribution < -0.4 is 5.32 Å². The van der Waals surface area contributed by atoms with E-state index in [0.717, 1.165) is 56.8 Å². The predicted octanol–water partition coefficient (Wildman–Crippen LogP) is 2.45. The molecule has 2 aliphatic heterocycles. The van der Waals surface area contributed by atoms with E-state index in [-0.39, 0.29) is 36.3 Å². The molecule has 27 heavy (non-hydrogen) atoms. The van der Waals surface area contributed by atoms with Crippen LogP contribution in [0.3, 0.4) is 0 Å². The maximum atomic E-state index is 12.9. The van der Waals surface area contributed by atoms with Crippen LogP contribution in [0.25, 0.3) is 11.2 Å². The summed E-state index contributed by atoms with van der Waals surface area (Å²) in [7, 11) is 0. The van der Waals surface area contributed by atoms with Crippen LogP contribution in [0.2, 0.25) is 0 Å². The molecule has 2 fully saturated rings. The third kappa shape index (κ3) is 4.21. The fourth-order valence-electron chi connectivity index (χ4n) is 3.74. The minimum atomic E-state index is -0.0900. The maximum Gasteiger partial charge on any atom is 0.255 e. The molecule has 4 rings (SSSR count). The quantitative estimate of drug-likeness (QED) is 0.815. The molecule has 0 bridgehead atoms. The number of imidazole rings is 1. The number of fused-ring (bicyclic) bond motifs is 1. The number of halogens is 2. The van der Waals surface area contributed by atoms with E-state index in [4.69, 9.17) is 4.74 Å². The second kappa shape index (κ2) is 8.73. The van der Waals surface area contributed by atoms with Crippen molar-refractivity contribution in [3.63, 3.8) is 0 Å². The Bertz CT molecular complexity index is 779. The number of piperidine rings is 1. The summed E-state index contributed by atoms with van der Waals surface area (Å²) in [5, 5.41) is 3.40. The SMILES string of the molecule is CC(C)n1cnc2cc(C(=O)N3CCC4(CC3)CNCCO4)cnc21.Cl.Cl. The number of amides is 1. The molecule has 1 N–H and O–H groups in total. The molecule has 0 aliphatic carbocycles. The molecule has 2 aromatic heterocycles. The fourth-order valence-corrected chi connectivity index (χ4v) is 3.74. The van der Waals surface area contributed by atoms with E-state index in [0.29, 0.717) is 11.6 Å². The van der Waals surface area contributed by atoms with Crippen molar-refractivity contribution in [3.8, 4) is 0 Å². The van der Waals surface area contributed by atoms with Crippen molar-refractivity contribution < 1.29 is 9.53 Å². The van der Waals surface area contributed by atoms with Gasteiger partial charge in [0.25, 0.3) is 5.91 Å². The lowest BCUT2D eigenvalue weighted by molar-refractivity contribution is -0.0954. The molecule has 0 aromatic carbocycles. The number of ether oxygens (including phenoxy) is 1. The zero-order chi connectivity index (χ0) is 17.4.